The number of rotatable bonds is 5. The number of carbonyl (C=O) groups is 1. The summed E-state index contributed by atoms with van der Waals surface area (Å²) in [6.45, 7) is 0. The highest BCUT2D eigenvalue weighted by atomic mass is 32.2. The van der Waals surface area contributed by atoms with Gasteiger partial charge in [-0.25, -0.2) is 0 Å². The Balaban J connectivity index is 1.57. The topological polar surface area (TPSA) is 78.0 Å². The molecule has 2 heterocycles. The zero-order valence-corrected chi connectivity index (χ0v) is 16.6. The van der Waals surface area contributed by atoms with Crippen molar-refractivity contribution in [2.45, 2.75) is 10.6 Å². The Morgan fingerprint density at radius 3 is 2.71 bits per heavy atom. The third kappa shape index (κ3) is 3.95. The first-order chi connectivity index (χ1) is 13.7. The molecule has 0 saturated carbocycles. The van der Waals surface area contributed by atoms with Crippen molar-refractivity contribution in [2.75, 3.05) is 0 Å². The predicted molar refractivity (Wildman–Crippen MR) is 108 cm³/mol. The molecular weight excluding hydrogens is 392 g/mol. The van der Waals surface area contributed by atoms with Crippen LogP contribution in [0.5, 0.6) is 0 Å². The third-order valence-electron chi connectivity index (χ3n) is 3.97. The lowest BCUT2D eigenvalue weighted by molar-refractivity contribution is 0.0995. The molecule has 4 rings (SSSR count). The maximum Gasteiger partial charge on any atom is 0.280 e. The van der Waals surface area contributed by atoms with Gasteiger partial charge in [0.1, 0.15) is 0 Å². The molecule has 28 heavy (non-hydrogen) atoms. The summed E-state index contributed by atoms with van der Waals surface area (Å²) in [5, 5.41) is 13.9. The zero-order valence-electron chi connectivity index (χ0n) is 15.0. The number of aromatic nitrogens is 5. The predicted octanol–water partition coefficient (Wildman–Crippen LogP) is 3.10. The van der Waals surface area contributed by atoms with Gasteiger partial charge in [0.05, 0.1) is 17.0 Å². The van der Waals surface area contributed by atoms with Gasteiger partial charge in [-0.05, 0) is 34.7 Å². The lowest BCUT2D eigenvalue weighted by atomic mass is 10.2. The maximum atomic E-state index is 12.7. The number of hydrogen-bond donors (Lipinski definition) is 0. The molecular formula is C19H16N6OS2. The molecule has 0 atom stereocenters. The summed E-state index contributed by atoms with van der Waals surface area (Å²) in [5.74, 6) is 0.975. The minimum Gasteiger partial charge on any atom is -0.327 e. The van der Waals surface area contributed by atoms with E-state index >= 15 is 0 Å². The fraction of sp³-hybridized carbons (Fsp3) is 0.105. The molecule has 0 aliphatic carbocycles. The van der Waals surface area contributed by atoms with Crippen LogP contribution in [0.25, 0.3) is 5.69 Å². The highest BCUT2D eigenvalue weighted by Gasteiger charge is 2.14. The quantitative estimate of drug-likeness (QED) is 0.474. The van der Waals surface area contributed by atoms with Crippen LogP contribution >= 0.6 is 23.1 Å². The highest BCUT2D eigenvalue weighted by molar-refractivity contribution is 7.98. The first kappa shape index (κ1) is 18.3. The first-order valence-electron chi connectivity index (χ1n) is 8.46. The molecule has 7 nitrogen and oxygen atoms in total. The summed E-state index contributed by atoms with van der Waals surface area (Å²) < 4.78 is 3.53. The lowest BCUT2D eigenvalue weighted by Crippen LogP contribution is -2.13. The van der Waals surface area contributed by atoms with Crippen LogP contribution in [0.15, 0.2) is 76.1 Å². The standard InChI is InChI=1S/C19H16N6OS2/c1-24-11-12-27-19(24)20-18(26)15-9-5-6-10-16(15)28-13-17-21-22-23-25(17)14-7-3-2-4-8-14/h2-12H,13H2,1H3. The van der Waals surface area contributed by atoms with Crippen molar-refractivity contribution in [2.24, 2.45) is 12.0 Å². The Hall–Kier alpha value is -3.04. The van der Waals surface area contributed by atoms with E-state index in [1.54, 1.807) is 10.7 Å². The average Bonchev–Trinajstić information content (AvgIpc) is 3.36. The Kier molecular flexibility index (Phi) is 5.45. The van der Waals surface area contributed by atoms with Crippen LogP contribution < -0.4 is 4.80 Å². The summed E-state index contributed by atoms with van der Waals surface area (Å²) in [4.78, 5) is 18.5. The van der Waals surface area contributed by atoms with Crippen molar-refractivity contribution in [1.29, 1.82) is 0 Å². The average molecular weight is 409 g/mol. The molecule has 0 bridgehead atoms. The second kappa shape index (κ2) is 8.32. The molecule has 9 heteroatoms. The fourth-order valence-corrected chi connectivity index (χ4v) is 4.24. The van der Waals surface area contributed by atoms with Crippen molar-refractivity contribution < 1.29 is 4.79 Å². The number of amides is 1. The fourth-order valence-electron chi connectivity index (χ4n) is 2.56. The smallest absolute Gasteiger partial charge is 0.280 e. The normalized spacial score (nSPS) is 11.7. The SMILES string of the molecule is Cn1ccsc1=NC(=O)c1ccccc1SCc1nnnn1-c1ccccc1. The van der Waals surface area contributed by atoms with Crippen LogP contribution in [0, 0.1) is 0 Å². The van der Waals surface area contributed by atoms with E-state index in [-0.39, 0.29) is 5.91 Å². The highest BCUT2D eigenvalue weighted by Crippen LogP contribution is 2.26. The monoisotopic (exact) mass is 408 g/mol. The van der Waals surface area contributed by atoms with E-state index < -0.39 is 0 Å². The van der Waals surface area contributed by atoms with E-state index in [1.807, 2.05) is 71.7 Å². The van der Waals surface area contributed by atoms with Gasteiger partial charge in [-0.3, -0.25) is 4.79 Å². The second-order valence-electron chi connectivity index (χ2n) is 5.84. The molecule has 0 unspecified atom stereocenters. The Morgan fingerprint density at radius 1 is 1.14 bits per heavy atom. The number of aryl methyl sites for hydroxylation is 1. The number of thiazole rings is 1. The molecule has 2 aromatic heterocycles. The van der Waals surface area contributed by atoms with Crippen molar-refractivity contribution in [3.8, 4) is 5.69 Å². The van der Waals surface area contributed by atoms with Gasteiger partial charge in [0, 0.05) is 23.5 Å². The van der Waals surface area contributed by atoms with Gasteiger partial charge in [0.15, 0.2) is 10.6 Å². The van der Waals surface area contributed by atoms with Gasteiger partial charge in [-0.2, -0.15) is 9.67 Å². The van der Waals surface area contributed by atoms with E-state index in [0.29, 0.717) is 21.9 Å². The Bertz CT molecular complexity index is 1160. The number of tetrazole rings is 1. The summed E-state index contributed by atoms with van der Waals surface area (Å²) in [6.07, 6.45) is 1.88. The van der Waals surface area contributed by atoms with Crippen LogP contribution in [-0.2, 0) is 12.8 Å². The van der Waals surface area contributed by atoms with Crippen molar-refractivity contribution >= 4 is 29.0 Å². The molecule has 2 aromatic carbocycles. The lowest BCUT2D eigenvalue weighted by Gasteiger charge is -2.07. The summed E-state index contributed by atoms with van der Waals surface area (Å²) in [6, 6.07) is 17.2. The van der Waals surface area contributed by atoms with Crippen LogP contribution in [0.1, 0.15) is 16.2 Å². The van der Waals surface area contributed by atoms with Crippen LogP contribution in [0.2, 0.25) is 0 Å². The van der Waals surface area contributed by atoms with Crippen molar-refractivity contribution in [1.82, 2.24) is 24.8 Å². The molecule has 1 amide bonds. The number of carbonyl (C=O) groups excluding carboxylic acids is 1. The van der Waals surface area contributed by atoms with Gasteiger partial charge in [0.2, 0.25) is 0 Å². The van der Waals surface area contributed by atoms with Gasteiger partial charge < -0.3 is 4.57 Å². The summed E-state index contributed by atoms with van der Waals surface area (Å²) in [5.41, 5.74) is 1.47. The van der Waals surface area contributed by atoms with Crippen LogP contribution in [0.4, 0.5) is 0 Å². The van der Waals surface area contributed by atoms with Crippen LogP contribution in [-0.4, -0.2) is 30.7 Å². The first-order valence-corrected chi connectivity index (χ1v) is 10.3. The minimum atomic E-state index is -0.260. The zero-order chi connectivity index (χ0) is 19.3. The van der Waals surface area contributed by atoms with Gasteiger partial charge in [-0.15, -0.1) is 28.2 Å². The van der Waals surface area contributed by atoms with Gasteiger partial charge >= 0.3 is 0 Å². The molecule has 0 fully saturated rings. The van der Waals surface area contributed by atoms with Gasteiger partial charge in [-0.1, -0.05) is 30.3 Å². The summed E-state index contributed by atoms with van der Waals surface area (Å²) in [7, 11) is 1.87. The Morgan fingerprint density at radius 2 is 1.93 bits per heavy atom. The molecule has 0 spiro atoms. The number of hydrogen-bond acceptors (Lipinski definition) is 6. The van der Waals surface area contributed by atoms with Crippen molar-refractivity contribution in [3.05, 3.63) is 82.4 Å². The Labute approximate surface area is 169 Å². The largest absolute Gasteiger partial charge is 0.327 e. The molecule has 0 radical (unpaired) electrons. The van der Waals surface area contributed by atoms with E-state index in [4.69, 9.17) is 0 Å². The van der Waals surface area contributed by atoms with Crippen LogP contribution in [0.3, 0.4) is 0 Å². The summed E-state index contributed by atoms with van der Waals surface area (Å²) >= 11 is 2.94. The number of benzene rings is 2. The molecule has 4 aromatic rings. The molecule has 0 aliphatic heterocycles. The second-order valence-corrected chi connectivity index (χ2v) is 7.73. The third-order valence-corrected chi connectivity index (χ3v) is 5.88. The van der Waals surface area contributed by atoms with Crippen molar-refractivity contribution in [3.63, 3.8) is 0 Å². The number of nitrogens with zero attached hydrogens (tertiary/aromatic N) is 6. The van der Waals surface area contributed by atoms with E-state index in [9.17, 15) is 4.79 Å². The maximum absolute atomic E-state index is 12.7. The van der Waals surface area contributed by atoms with E-state index in [2.05, 4.69) is 20.5 Å². The molecule has 0 saturated heterocycles. The minimum absolute atomic E-state index is 0.260. The number of para-hydroxylation sites is 1. The van der Waals surface area contributed by atoms with E-state index in [1.165, 1.54) is 23.1 Å². The molecule has 0 N–H and O–H groups in total. The van der Waals surface area contributed by atoms with Gasteiger partial charge in [0.25, 0.3) is 5.91 Å². The number of thioether (sulfide) groups is 1. The molecule has 0 aliphatic rings. The van der Waals surface area contributed by atoms with E-state index in [0.717, 1.165) is 10.6 Å². The molecule has 140 valence electrons.